The van der Waals surface area contributed by atoms with Crippen molar-refractivity contribution in [2.75, 3.05) is 37.9 Å². The van der Waals surface area contributed by atoms with Crippen molar-refractivity contribution in [3.63, 3.8) is 0 Å². The van der Waals surface area contributed by atoms with Crippen molar-refractivity contribution < 1.29 is 19.0 Å². The first-order valence-electron chi connectivity index (χ1n) is 8.17. The van der Waals surface area contributed by atoms with E-state index < -0.39 is 5.79 Å². The number of morpholine rings is 1. The number of hydrogen-bond donors (Lipinski definition) is 0. The number of benzene rings is 1. The maximum atomic E-state index is 13.0. The molecule has 6 nitrogen and oxygen atoms in total. The molecule has 23 heavy (non-hydrogen) atoms. The van der Waals surface area contributed by atoms with E-state index in [2.05, 4.69) is 18.7 Å². The third-order valence-electron chi connectivity index (χ3n) is 4.61. The van der Waals surface area contributed by atoms with Crippen LogP contribution in [0.3, 0.4) is 0 Å². The molecule has 3 aliphatic rings. The molecule has 0 N–H and O–H groups in total. The van der Waals surface area contributed by atoms with Crippen LogP contribution in [0.4, 0.5) is 5.69 Å². The standard InChI is InChI=1S/C17H22N2O4/c1-12-9-18(10-13(2)23-12)11-19-15-6-4-3-5-14(15)17(16(19)20)21-7-8-22-17/h3-6,12-13H,7-11H2,1-2H3. The summed E-state index contributed by atoms with van der Waals surface area (Å²) < 4.78 is 17.3. The summed E-state index contributed by atoms with van der Waals surface area (Å²) in [5.41, 5.74) is 1.70. The average Bonchev–Trinajstić information content (AvgIpc) is 3.09. The molecular formula is C17H22N2O4. The van der Waals surface area contributed by atoms with Gasteiger partial charge in [-0.25, -0.2) is 0 Å². The van der Waals surface area contributed by atoms with Crippen LogP contribution in [0, 0.1) is 0 Å². The summed E-state index contributed by atoms with van der Waals surface area (Å²) in [6.07, 6.45) is 0.333. The van der Waals surface area contributed by atoms with Crippen LogP contribution < -0.4 is 4.90 Å². The Bertz CT molecular complexity index is 604. The van der Waals surface area contributed by atoms with Gasteiger partial charge >= 0.3 is 0 Å². The number of hydrogen-bond acceptors (Lipinski definition) is 5. The van der Waals surface area contributed by atoms with Crippen molar-refractivity contribution in [2.24, 2.45) is 0 Å². The first-order chi connectivity index (χ1) is 11.1. The Morgan fingerprint density at radius 2 is 1.78 bits per heavy atom. The van der Waals surface area contributed by atoms with Gasteiger partial charge in [-0.15, -0.1) is 0 Å². The maximum absolute atomic E-state index is 13.0. The van der Waals surface area contributed by atoms with E-state index in [0.717, 1.165) is 24.3 Å². The van der Waals surface area contributed by atoms with Crippen molar-refractivity contribution in [3.05, 3.63) is 29.8 Å². The lowest BCUT2D eigenvalue weighted by molar-refractivity contribution is -0.181. The minimum absolute atomic E-state index is 0.122. The summed E-state index contributed by atoms with van der Waals surface area (Å²) in [6.45, 7) is 7.16. The van der Waals surface area contributed by atoms with Crippen LogP contribution in [0.1, 0.15) is 19.4 Å². The Hall–Kier alpha value is -1.47. The molecule has 6 heteroatoms. The van der Waals surface area contributed by atoms with Crippen LogP contribution in [0.5, 0.6) is 0 Å². The van der Waals surface area contributed by atoms with Gasteiger partial charge in [-0.05, 0) is 19.9 Å². The second-order valence-corrected chi connectivity index (χ2v) is 6.50. The fourth-order valence-corrected chi connectivity index (χ4v) is 3.82. The van der Waals surface area contributed by atoms with E-state index in [-0.39, 0.29) is 18.1 Å². The Morgan fingerprint density at radius 1 is 1.13 bits per heavy atom. The van der Waals surface area contributed by atoms with Gasteiger partial charge < -0.3 is 14.2 Å². The summed E-state index contributed by atoms with van der Waals surface area (Å²) in [5.74, 6) is -1.36. The number of amides is 1. The summed E-state index contributed by atoms with van der Waals surface area (Å²) in [4.78, 5) is 17.1. The van der Waals surface area contributed by atoms with Crippen LogP contribution in [0.25, 0.3) is 0 Å². The highest BCUT2D eigenvalue weighted by Crippen LogP contribution is 2.45. The molecule has 1 aromatic rings. The first kappa shape index (κ1) is 15.1. The molecule has 2 saturated heterocycles. The Labute approximate surface area is 135 Å². The van der Waals surface area contributed by atoms with Gasteiger partial charge in [-0.3, -0.25) is 14.6 Å². The summed E-state index contributed by atoms with van der Waals surface area (Å²) in [5, 5.41) is 0. The number of ether oxygens (including phenoxy) is 3. The topological polar surface area (TPSA) is 51.2 Å². The van der Waals surface area contributed by atoms with Crippen LogP contribution in [0.2, 0.25) is 0 Å². The number of carbonyl (C=O) groups excluding carboxylic acids is 1. The zero-order valence-corrected chi connectivity index (χ0v) is 13.5. The molecular weight excluding hydrogens is 296 g/mol. The lowest BCUT2D eigenvalue weighted by Gasteiger charge is -2.37. The van der Waals surface area contributed by atoms with Crippen LogP contribution in [-0.4, -0.2) is 56.0 Å². The normalized spacial score (nSPS) is 30.2. The molecule has 0 aromatic heterocycles. The largest absolute Gasteiger partial charge is 0.373 e. The van der Waals surface area contributed by atoms with E-state index in [1.807, 2.05) is 24.3 Å². The number of fused-ring (bicyclic) bond motifs is 2. The molecule has 0 saturated carbocycles. The molecule has 0 bridgehead atoms. The predicted octanol–water partition coefficient (Wildman–Crippen LogP) is 1.30. The van der Waals surface area contributed by atoms with Gasteiger partial charge in [0.25, 0.3) is 11.7 Å². The first-order valence-corrected chi connectivity index (χ1v) is 8.17. The third kappa shape index (κ3) is 2.37. The van der Waals surface area contributed by atoms with Gasteiger partial charge in [0.05, 0.1) is 37.8 Å². The summed E-state index contributed by atoms with van der Waals surface area (Å²) in [7, 11) is 0. The van der Waals surface area contributed by atoms with Gasteiger partial charge in [0, 0.05) is 18.7 Å². The Morgan fingerprint density at radius 3 is 2.48 bits per heavy atom. The van der Waals surface area contributed by atoms with Crippen molar-refractivity contribution >= 4 is 11.6 Å². The SMILES string of the molecule is CC1CN(CN2C(=O)C3(OCCO3)c3ccccc32)CC(C)O1. The van der Waals surface area contributed by atoms with E-state index in [0.29, 0.717) is 19.9 Å². The van der Waals surface area contributed by atoms with Gasteiger partial charge in [0.2, 0.25) is 0 Å². The monoisotopic (exact) mass is 318 g/mol. The second-order valence-electron chi connectivity index (χ2n) is 6.50. The molecule has 4 rings (SSSR count). The van der Waals surface area contributed by atoms with E-state index in [9.17, 15) is 4.79 Å². The van der Waals surface area contributed by atoms with E-state index in [1.54, 1.807) is 4.90 Å². The molecule has 2 unspecified atom stereocenters. The smallest absolute Gasteiger partial charge is 0.293 e. The van der Waals surface area contributed by atoms with Crippen molar-refractivity contribution in [1.29, 1.82) is 0 Å². The minimum Gasteiger partial charge on any atom is -0.373 e. The molecule has 1 aromatic carbocycles. The molecule has 0 aliphatic carbocycles. The van der Waals surface area contributed by atoms with Crippen LogP contribution in [-0.2, 0) is 24.8 Å². The van der Waals surface area contributed by atoms with Gasteiger partial charge in [0.15, 0.2) is 0 Å². The molecule has 3 heterocycles. The number of carbonyl (C=O) groups is 1. The zero-order chi connectivity index (χ0) is 16.0. The van der Waals surface area contributed by atoms with Crippen molar-refractivity contribution in [2.45, 2.75) is 31.8 Å². The van der Waals surface area contributed by atoms with Crippen LogP contribution in [0.15, 0.2) is 24.3 Å². The highest BCUT2D eigenvalue weighted by Gasteiger charge is 2.56. The number of para-hydroxylation sites is 1. The highest BCUT2D eigenvalue weighted by atomic mass is 16.7. The molecule has 124 valence electrons. The molecule has 1 amide bonds. The lowest BCUT2D eigenvalue weighted by atomic mass is 10.1. The third-order valence-corrected chi connectivity index (χ3v) is 4.61. The van der Waals surface area contributed by atoms with Gasteiger partial charge in [-0.2, -0.15) is 0 Å². The van der Waals surface area contributed by atoms with E-state index >= 15 is 0 Å². The molecule has 2 fully saturated rings. The summed E-state index contributed by atoms with van der Waals surface area (Å²) >= 11 is 0. The Kier molecular flexibility index (Phi) is 3.65. The number of anilines is 1. The lowest BCUT2D eigenvalue weighted by Crippen LogP contribution is -2.52. The molecule has 0 radical (unpaired) electrons. The minimum atomic E-state index is -1.24. The Balaban J connectivity index is 1.63. The fraction of sp³-hybridized carbons (Fsp3) is 0.588. The molecule has 2 atom stereocenters. The average molecular weight is 318 g/mol. The number of rotatable bonds is 2. The number of nitrogens with zero attached hydrogens (tertiary/aromatic N) is 2. The van der Waals surface area contributed by atoms with Gasteiger partial charge in [-0.1, -0.05) is 18.2 Å². The molecule has 3 aliphatic heterocycles. The quantitative estimate of drug-likeness (QED) is 0.823. The molecule has 1 spiro atoms. The second kappa shape index (κ2) is 5.56. The summed E-state index contributed by atoms with van der Waals surface area (Å²) in [6, 6.07) is 7.74. The van der Waals surface area contributed by atoms with E-state index in [4.69, 9.17) is 14.2 Å². The van der Waals surface area contributed by atoms with Crippen molar-refractivity contribution in [3.8, 4) is 0 Å². The van der Waals surface area contributed by atoms with Crippen LogP contribution >= 0.6 is 0 Å². The highest BCUT2D eigenvalue weighted by molar-refractivity contribution is 6.06. The van der Waals surface area contributed by atoms with E-state index in [1.165, 1.54) is 0 Å². The maximum Gasteiger partial charge on any atom is 0.293 e. The van der Waals surface area contributed by atoms with Crippen molar-refractivity contribution in [1.82, 2.24) is 4.90 Å². The van der Waals surface area contributed by atoms with Gasteiger partial charge in [0.1, 0.15) is 0 Å². The predicted molar refractivity (Wildman–Crippen MR) is 84.0 cm³/mol. The fourth-order valence-electron chi connectivity index (χ4n) is 3.82. The zero-order valence-electron chi connectivity index (χ0n) is 13.5.